The highest BCUT2D eigenvalue weighted by Crippen LogP contribution is 2.73. The van der Waals surface area contributed by atoms with E-state index < -0.39 is 54.8 Å². The Kier molecular flexibility index (Phi) is 18.1. The van der Waals surface area contributed by atoms with Crippen molar-refractivity contribution in [1.29, 1.82) is 0 Å². The van der Waals surface area contributed by atoms with Crippen LogP contribution in [0.25, 0.3) is 0 Å². The lowest BCUT2D eigenvalue weighted by molar-refractivity contribution is -0.427. The lowest BCUT2D eigenvalue weighted by Gasteiger charge is -2.43. The predicted octanol–water partition coefficient (Wildman–Crippen LogP) is 17.0. The molecule has 0 aromatic rings. The number of ether oxygens (including phenoxy) is 2. The third kappa shape index (κ3) is 10.4. The van der Waals surface area contributed by atoms with Crippen LogP contribution in [0.2, 0.25) is 0 Å². The van der Waals surface area contributed by atoms with Gasteiger partial charge in [-0.2, -0.15) is 43.9 Å². The molecule has 4 nitrogen and oxygen atoms in total. The van der Waals surface area contributed by atoms with Crippen molar-refractivity contribution in [1.82, 2.24) is 0 Å². The normalized spacial score (nSPS) is 42.2. The number of rotatable bonds is 16. The molecule has 0 N–H and O–H groups in total. The Morgan fingerprint density at radius 2 is 0.795 bits per heavy atom. The topological polar surface area (TPSA) is 52.6 Å². The van der Waals surface area contributed by atoms with Crippen molar-refractivity contribution in [3.63, 3.8) is 0 Å². The standard InChI is InChI=1S/C25H42O2.C22H25F11O2.C9H16.C2H6/c1-4-5-6-7-8-9-10-11-12-27-25(26)22-14-18-13-21(22)24-20-15-19(23(18)24)16(2)17(20)3;1-8-9(2)12-7-11(8)15-10-5-13(16(12)15)14(6-10)17(34)35-4-3-18(23,24)20(26,27)19(25,21(28,29)30)22(31,32)33;1-6-7(2)9-4-3-8(6)5-9;1-2/h16-24H,4-15H2,1-3H3;8-16H,3-7H2,1-2H3;6-9H,3-5H2,1-2H3;1-2H3. The van der Waals surface area contributed by atoms with E-state index in [1.165, 1.54) is 70.6 Å². The van der Waals surface area contributed by atoms with E-state index in [9.17, 15) is 57.9 Å². The molecule has 73 heavy (non-hydrogen) atoms. The van der Waals surface area contributed by atoms with E-state index >= 15 is 0 Å². The Hall–Kier alpha value is -1.83. The van der Waals surface area contributed by atoms with Gasteiger partial charge in [0.05, 0.1) is 31.5 Å². The zero-order valence-electron chi connectivity index (χ0n) is 45.1. The fourth-order valence-electron chi connectivity index (χ4n) is 18.7. The fourth-order valence-corrected chi connectivity index (χ4v) is 18.7. The van der Waals surface area contributed by atoms with Crippen LogP contribution in [0.3, 0.4) is 0 Å². The molecule has 0 radical (unpaired) electrons. The molecule has 22 unspecified atom stereocenters. The number of hydrogen-bond acceptors (Lipinski definition) is 4. The fraction of sp³-hybridized carbons (Fsp3) is 0.966. The highest BCUT2D eigenvalue weighted by molar-refractivity contribution is 5.74. The molecule has 422 valence electrons. The Morgan fingerprint density at radius 3 is 1.16 bits per heavy atom. The van der Waals surface area contributed by atoms with E-state index in [1.54, 1.807) is 6.42 Å². The Morgan fingerprint density at radius 1 is 0.425 bits per heavy atom. The number of esters is 2. The smallest absolute Gasteiger partial charge is 0.438 e. The molecule has 0 amide bonds. The zero-order valence-corrected chi connectivity index (χ0v) is 45.1. The van der Waals surface area contributed by atoms with E-state index in [0.717, 1.165) is 90.8 Å². The average molecular weight is 1060 g/mol. The van der Waals surface area contributed by atoms with Gasteiger partial charge in [-0.25, -0.2) is 4.39 Å². The molecular formula is C58H89F11O4. The second-order valence-corrected chi connectivity index (χ2v) is 25.4. The number of unbranched alkanes of at least 4 members (excludes halogenated alkanes) is 7. The summed E-state index contributed by atoms with van der Waals surface area (Å²) in [6, 6.07) is 0. The molecule has 22 atom stereocenters. The van der Waals surface area contributed by atoms with Gasteiger partial charge in [-0.1, -0.05) is 107 Å². The minimum absolute atomic E-state index is 0.0849. The molecule has 10 bridgehead atoms. The molecule has 0 aromatic carbocycles. The van der Waals surface area contributed by atoms with Gasteiger partial charge in [-0.15, -0.1) is 0 Å². The first kappa shape index (κ1) is 58.8. The van der Waals surface area contributed by atoms with Gasteiger partial charge >= 0.3 is 41.8 Å². The van der Waals surface area contributed by atoms with Crippen LogP contribution in [0, 0.1) is 130 Å². The molecule has 10 saturated carbocycles. The Balaban J connectivity index is 0.000000180. The summed E-state index contributed by atoms with van der Waals surface area (Å²) in [5, 5.41) is 0. The first-order valence-corrected chi connectivity index (χ1v) is 29.1. The minimum atomic E-state index is -7.49. The Bertz CT molecular complexity index is 1820. The average Bonchev–Trinajstić information content (AvgIpc) is 4.21. The zero-order chi connectivity index (χ0) is 53.9. The molecule has 10 fully saturated rings. The molecule has 0 spiro atoms. The van der Waals surface area contributed by atoms with Crippen molar-refractivity contribution in [2.45, 2.75) is 208 Å². The van der Waals surface area contributed by atoms with Crippen LogP contribution in [0.4, 0.5) is 48.3 Å². The van der Waals surface area contributed by atoms with Crippen LogP contribution in [-0.2, 0) is 19.1 Å². The second-order valence-electron chi connectivity index (χ2n) is 25.4. The number of carbonyl (C=O) groups excluding carboxylic acids is 2. The van der Waals surface area contributed by atoms with E-state index in [4.69, 9.17) is 4.74 Å². The van der Waals surface area contributed by atoms with Crippen molar-refractivity contribution >= 4 is 11.9 Å². The van der Waals surface area contributed by atoms with Crippen molar-refractivity contribution in [3.05, 3.63) is 0 Å². The van der Waals surface area contributed by atoms with Gasteiger partial charge in [0.2, 0.25) is 0 Å². The van der Waals surface area contributed by atoms with Gasteiger partial charge in [-0.05, 0) is 183 Å². The van der Waals surface area contributed by atoms with Crippen LogP contribution in [0.5, 0.6) is 0 Å². The summed E-state index contributed by atoms with van der Waals surface area (Å²) in [6.07, 6.45) is 4.01. The first-order valence-electron chi connectivity index (χ1n) is 29.1. The van der Waals surface area contributed by atoms with Crippen LogP contribution in [0.1, 0.15) is 178 Å². The van der Waals surface area contributed by atoms with E-state index in [-0.39, 0.29) is 29.6 Å². The largest absolute Gasteiger partial charge is 0.465 e. The molecule has 10 rings (SSSR count). The maximum absolute atomic E-state index is 13.9. The van der Waals surface area contributed by atoms with Gasteiger partial charge < -0.3 is 9.47 Å². The molecule has 10 aliphatic carbocycles. The molecule has 15 heteroatoms. The van der Waals surface area contributed by atoms with Crippen molar-refractivity contribution in [2.75, 3.05) is 13.2 Å². The molecular weight excluding hydrogens is 970 g/mol. The molecule has 0 aliphatic heterocycles. The monoisotopic (exact) mass is 1060 g/mol. The highest BCUT2D eigenvalue weighted by atomic mass is 19.4. The van der Waals surface area contributed by atoms with Crippen molar-refractivity contribution < 1.29 is 67.4 Å². The number of fused-ring (bicyclic) bond motifs is 20. The number of hydrogen-bond donors (Lipinski definition) is 0. The van der Waals surface area contributed by atoms with E-state index in [2.05, 4.69) is 53.2 Å². The Labute approximate surface area is 429 Å². The van der Waals surface area contributed by atoms with Gasteiger partial charge in [0.1, 0.15) is 0 Å². The summed E-state index contributed by atoms with van der Waals surface area (Å²) in [6.45, 7) is 19.5. The maximum Gasteiger partial charge on any atom is 0.438 e. The lowest BCUT2D eigenvalue weighted by Crippen LogP contribution is -2.70. The van der Waals surface area contributed by atoms with Gasteiger partial charge in [0.25, 0.3) is 0 Å². The van der Waals surface area contributed by atoms with Gasteiger partial charge in [0.15, 0.2) is 0 Å². The van der Waals surface area contributed by atoms with Gasteiger partial charge in [0, 0.05) is 0 Å². The number of alkyl halides is 11. The summed E-state index contributed by atoms with van der Waals surface area (Å²) in [5.74, 6) is -0.486. The van der Waals surface area contributed by atoms with E-state index in [0.29, 0.717) is 48.5 Å². The molecule has 10 aliphatic rings. The number of halogens is 11. The van der Waals surface area contributed by atoms with Crippen LogP contribution in [-0.4, -0.2) is 55.0 Å². The lowest BCUT2D eigenvalue weighted by atomic mass is 9.62. The highest BCUT2D eigenvalue weighted by Gasteiger charge is 2.89. The predicted molar refractivity (Wildman–Crippen MR) is 259 cm³/mol. The summed E-state index contributed by atoms with van der Waals surface area (Å²) in [4.78, 5) is 25.3. The molecule has 0 heterocycles. The van der Waals surface area contributed by atoms with Crippen LogP contribution < -0.4 is 0 Å². The van der Waals surface area contributed by atoms with Gasteiger partial charge in [-0.3, -0.25) is 9.59 Å². The maximum atomic E-state index is 13.9. The molecule has 0 saturated heterocycles. The summed E-state index contributed by atoms with van der Waals surface area (Å²) in [5.41, 5.74) is -7.49. The van der Waals surface area contributed by atoms with E-state index in [1.807, 2.05) is 13.8 Å². The second kappa shape index (κ2) is 22.5. The minimum Gasteiger partial charge on any atom is -0.465 e. The SMILES string of the molecule is CC.CC1C(C)C2CC1C1C3CC(C(=O)OCCC(F)(F)C(F)(F)C(F)(C(F)(F)F)C(F)(F)F)C(C3)C21.CC1C2CCC(C2)C1C.CCCCCCCCCCOC(=O)C1CC2CC1C1C3CC(C(C)C3C)C21. The van der Waals surface area contributed by atoms with Crippen molar-refractivity contribution in [2.24, 2.45) is 130 Å². The number of carbonyl (C=O) groups is 2. The third-order valence-corrected chi connectivity index (χ3v) is 22.7. The first-order chi connectivity index (χ1) is 34.2. The van der Waals surface area contributed by atoms with Crippen LogP contribution >= 0.6 is 0 Å². The summed E-state index contributed by atoms with van der Waals surface area (Å²) >= 11 is 0. The molecule has 0 aromatic heterocycles. The quantitative estimate of drug-likeness (QED) is 0.0669. The van der Waals surface area contributed by atoms with Crippen LogP contribution in [0.15, 0.2) is 0 Å². The summed E-state index contributed by atoms with van der Waals surface area (Å²) in [7, 11) is 0. The third-order valence-electron chi connectivity index (χ3n) is 22.7. The van der Waals surface area contributed by atoms with Crippen molar-refractivity contribution in [3.8, 4) is 0 Å². The summed E-state index contributed by atoms with van der Waals surface area (Å²) < 4.78 is 155.